The summed E-state index contributed by atoms with van der Waals surface area (Å²) in [7, 11) is 1.80. The Labute approximate surface area is 107 Å². The van der Waals surface area contributed by atoms with Crippen molar-refractivity contribution in [1.29, 1.82) is 5.26 Å². The molecule has 0 bridgehead atoms. The van der Waals surface area contributed by atoms with Crippen molar-refractivity contribution in [1.82, 2.24) is 15.0 Å². The van der Waals surface area contributed by atoms with E-state index in [0.29, 0.717) is 12.4 Å². The van der Waals surface area contributed by atoms with E-state index in [1.54, 1.807) is 11.9 Å². The number of nitriles is 1. The number of rotatable bonds is 5. The summed E-state index contributed by atoms with van der Waals surface area (Å²) in [6.07, 6.45) is 0.337. The van der Waals surface area contributed by atoms with E-state index in [0.717, 1.165) is 0 Å². The first-order valence-electron chi connectivity index (χ1n) is 5.72. The average Bonchev–Trinajstić information content (AvgIpc) is 2.26. The minimum absolute atomic E-state index is 0.0105. The van der Waals surface area contributed by atoms with Crippen LogP contribution in [0, 0.1) is 11.3 Å². The van der Waals surface area contributed by atoms with Gasteiger partial charge in [0.1, 0.15) is 0 Å². The smallest absolute Gasteiger partial charge is 0.323 e. The molecule has 0 amide bonds. The number of hydrogen-bond acceptors (Lipinski definition) is 7. The number of hydrogen-bond donors (Lipinski definition) is 1. The van der Waals surface area contributed by atoms with E-state index < -0.39 is 0 Å². The van der Waals surface area contributed by atoms with Crippen molar-refractivity contribution in [3.05, 3.63) is 0 Å². The number of nitrogen functional groups attached to an aromatic ring is 1. The molecule has 7 nitrogen and oxygen atoms in total. The largest absolute Gasteiger partial charge is 0.461 e. The van der Waals surface area contributed by atoms with E-state index in [1.165, 1.54) is 0 Å². The molecular weight excluding hydrogens is 232 g/mol. The molecule has 0 spiro atoms. The molecular formula is C11H18N6O. The molecule has 0 radical (unpaired) electrons. The van der Waals surface area contributed by atoms with Crippen molar-refractivity contribution in [2.75, 3.05) is 17.7 Å². The summed E-state index contributed by atoms with van der Waals surface area (Å²) in [6, 6.07) is 2.29. The van der Waals surface area contributed by atoms with Crippen LogP contribution in [0.2, 0.25) is 0 Å². The third-order valence-electron chi connectivity index (χ3n) is 2.32. The van der Waals surface area contributed by atoms with Crippen molar-refractivity contribution >= 4 is 11.9 Å². The lowest BCUT2D eigenvalue weighted by Crippen LogP contribution is -2.30. The summed E-state index contributed by atoms with van der Waals surface area (Å²) in [5.74, 6) is 0.507. The van der Waals surface area contributed by atoms with Crippen LogP contribution >= 0.6 is 0 Å². The average molecular weight is 250 g/mol. The highest BCUT2D eigenvalue weighted by Crippen LogP contribution is 2.16. The van der Waals surface area contributed by atoms with Gasteiger partial charge in [0.25, 0.3) is 0 Å². The van der Waals surface area contributed by atoms with Crippen LogP contribution in [0.5, 0.6) is 6.01 Å². The minimum Gasteiger partial charge on any atom is -0.461 e. The predicted octanol–water partition coefficient (Wildman–Crippen LogP) is 0.979. The molecule has 1 rings (SSSR count). The maximum atomic E-state index is 8.68. The zero-order chi connectivity index (χ0) is 13.7. The minimum atomic E-state index is -0.0403. The predicted molar refractivity (Wildman–Crippen MR) is 68.1 cm³/mol. The lowest BCUT2D eigenvalue weighted by molar-refractivity contribution is 0.222. The van der Waals surface area contributed by atoms with Gasteiger partial charge in [-0.15, -0.1) is 0 Å². The summed E-state index contributed by atoms with van der Waals surface area (Å²) < 4.78 is 5.39. The quantitative estimate of drug-likeness (QED) is 0.831. The van der Waals surface area contributed by atoms with Crippen molar-refractivity contribution in [2.45, 2.75) is 39.3 Å². The Bertz CT molecular complexity index is 442. The number of ether oxygens (including phenoxy) is 1. The maximum Gasteiger partial charge on any atom is 0.323 e. The van der Waals surface area contributed by atoms with Crippen LogP contribution in [-0.4, -0.2) is 34.1 Å². The molecule has 98 valence electrons. The van der Waals surface area contributed by atoms with E-state index >= 15 is 0 Å². The Hall–Kier alpha value is -2.10. The van der Waals surface area contributed by atoms with Gasteiger partial charge in [-0.1, -0.05) is 0 Å². The van der Waals surface area contributed by atoms with Gasteiger partial charge in [0.15, 0.2) is 0 Å². The molecule has 7 heteroatoms. The maximum absolute atomic E-state index is 8.68. The first-order chi connectivity index (χ1) is 8.43. The number of nitrogens with two attached hydrogens (primary N) is 1. The number of anilines is 2. The summed E-state index contributed by atoms with van der Waals surface area (Å²) in [5, 5.41) is 8.68. The van der Waals surface area contributed by atoms with Crippen LogP contribution in [0.1, 0.15) is 27.2 Å². The molecule has 18 heavy (non-hydrogen) atoms. The van der Waals surface area contributed by atoms with Crippen molar-refractivity contribution in [3.8, 4) is 12.1 Å². The van der Waals surface area contributed by atoms with Gasteiger partial charge in [-0.05, 0) is 20.8 Å². The van der Waals surface area contributed by atoms with Crippen LogP contribution in [-0.2, 0) is 0 Å². The third kappa shape index (κ3) is 3.73. The molecule has 1 aromatic heterocycles. The molecule has 1 atom stereocenters. The van der Waals surface area contributed by atoms with Crippen LogP contribution < -0.4 is 15.4 Å². The normalized spacial score (nSPS) is 12.0. The molecule has 0 aliphatic rings. The molecule has 2 N–H and O–H groups in total. The fourth-order valence-corrected chi connectivity index (χ4v) is 1.25. The van der Waals surface area contributed by atoms with E-state index in [1.807, 2.05) is 20.8 Å². The van der Waals surface area contributed by atoms with Gasteiger partial charge in [0.05, 0.1) is 18.6 Å². The highest BCUT2D eigenvalue weighted by Gasteiger charge is 2.15. The van der Waals surface area contributed by atoms with E-state index in [4.69, 9.17) is 15.7 Å². The van der Waals surface area contributed by atoms with Crippen LogP contribution in [0.4, 0.5) is 11.9 Å². The van der Waals surface area contributed by atoms with E-state index in [9.17, 15) is 0 Å². The zero-order valence-corrected chi connectivity index (χ0v) is 11.1. The van der Waals surface area contributed by atoms with Gasteiger partial charge in [-0.25, -0.2) is 0 Å². The molecule has 0 aliphatic carbocycles. The topological polar surface area (TPSA) is 101 Å². The molecule has 0 saturated carbocycles. The second kappa shape index (κ2) is 6.00. The van der Waals surface area contributed by atoms with Gasteiger partial charge in [-0.2, -0.15) is 20.2 Å². The Kier molecular flexibility index (Phi) is 4.66. The Morgan fingerprint density at radius 3 is 2.56 bits per heavy atom. The van der Waals surface area contributed by atoms with E-state index in [2.05, 4.69) is 21.0 Å². The van der Waals surface area contributed by atoms with Crippen molar-refractivity contribution < 1.29 is 4.74 Å². The van der Waals surface area contributed by atoms with Crippen LogP contribution in [0.15, 0.2) is 0 Å². The Morgan fingerprint density at radius 1 is 1.33 bits per heavy atom. The first-order valence-corrected chi connectivity index (χ1v) is 5.72. The number of nitrogens with zero attached hydrogens (tertiary/aromatic N) is 5. The first kappa shape index (κ1) is 14.0. The molecule has 0 saturated heterocycles. The summed E-state index contributed by atoms with van der Waals surface area (Å²) in [4.78, 5) is 13.9. The highest BCUT2D eigenvalue weighted by atomic mass is 16.5. The second-order valence-electron chi connectivity index (χ2n) is 4.26. The molecule has 1 heterocycles. The lowest BCUT2D eigenvalue weighted by Gasteiger charge is -2.23. The standard InChI is InChI=1S/C11H18N6O/c1-7(2)18-11-15-9(13)14-10(16-11)17(4)8(3)5-6-12/h7-8H,5H2,1-4H3,(H2,13,14,15,16). The lowest BCUT2D eigenvalue weighted by atomic mass is 10.2. The molecule has 1 unspecified atom stereocenters. The molecule has 1 aromatic rings. The molecule has 0 fully saturated rings. The monoisotopic (exact) mass is 250 g/mol. The molecule has 0 aromatic carbocycles. The second-order valence-corrected chi connectivity index (χ2v) is 4.26. The van der Waals surface area contributed by atoms with Gasteiger partial charge >= 0.3 is 6.01 Å². The SMILES string of the molecule is CC(C)Oc1nc(N)nc(N(C)C(C)CC#N)n1. The molecule has 0 aliphatic heterocycles. The third-order valence-corrected chi connectivity index (χ3v) is 2.32. The van der Waals surface area contributed by atoms with Gasteiger partial charge < -0.3 is 15.4 Å². The van der Waals surface area contributed by atoms with Gasteiger partial charge in [-0.3, -0.25) is 0 Å². The summed E-state index contributed by atoms with van der Waals surface area (Å²) in [5.41, 5.74) is 5.61. The van der Waals surface area contributed by atoms with Gasteiger partial charge in [0.2, 0.25) is 11.9 Å². The van der Waals surface area contributed by atoms with Gasteiger partial charge in [0, 0.05) is 13.1 Å². The van der Waals surface area contributed by atoms with Crippen LogP contribution in [0.3, 0.4) is 0 Å². The van der Waals surface area contributed by atoms with Crippen LogP contribution in [0.25, 0.3) is 0 Å². The number of aromatic nitrogens is 3. The fourth-order valence-electron chi connectivity index (χ4n) is 1.25. The Balaban J connectivity index is 2.95. The zero-order valence-electron chi connectivity index (χ0n) is 11.1. The fraction of sp³-hybridized carbons (Fsp3) is 0.636. The summed E-state index contributed by atoms with van der Waals surface area (Å²) in [6.45, 7) is 5.66. The van der Waals surface area contributed by atoms with E-state index in [-0.39, 0.29) is 24.1 Å². The van der Waals surface area contributed by atoms with Crippen molar-refractivity contribution in [2.24, 2.45) is 0 Å². The summed E-state index contributed by atoms with van der Waals surface area (Å²) >= 11 is 0. The Morgan fingerprint density at radius 2 is 2.00 bits per heavy atom. The highest BCUT2D eigenvalue weighted by molar-refractivity contribution is 5.36. The van der Waals surface area contributed by atoms with Crippen molar-refractivity contribution in [3.63, 3.8) is 0 Å².